The van der Waals surface area contributed by atoms with Crippen molar-refractivity contribution in [3.05, 3.63) is 63.3 Å². The number of aromatic nitrogens is 4. The molecule has 3 aromatic heterocycles. The number of hydrogen-bond acceptors (Lipinski definition) is 8. The molecule has 1 amide bonds. The third kappa shape index (κ3) is 3.70. The smallest absolute Gasteiger partial charge is 0.341 e. The molecule has 0 radical (unpaired) electrons. The Morgan fingerprint density at radius 1 is 1.29 bits per heavy atom. The van der Waals surface area contributed by atoms with Crippen LogP contribution >= 0.6 is 23.1 Å². The van der Waals surface area contributed by atoms with E-state index >= 15 is 0 Å². The summed E-state index contributed by atoms with van der Waals surface area (Å²) < 4.78 is 8.22. The minimum absolute atomic E-state index is 0.0544. The first kappa shape index (κ1) is 22.4. The number of esters is 1. The number of aryl methyl sites for hydroxylation is 1. The van der Waals surface area contributed by atoms with Gasteiger partial charge in [-0.25, -0.2) is 4.79 Å². The van der Waals surface area contributed by atoms with E-state index < -0.39 is 5.97 Å². The Labute approximate surface area is 202 Å². The van der Waals surface area contributed by atoms with E-state index in [1.54, 1.807) is 22.6 Å². The van der Waals surface area contributed by atoms with Crippen LogP contribution in [0.5, 0.6) is 0 Å². The number of nitrogens with zero attached hydrogens (tertiary/aromatic N) is 4. The highest BCUT2D eigenvalue weighted by Gasteiger charge is 2.28. The van der Waals surface area contributed by atoms with Crippen molar-refractivity contribution in [3.63, 3.8) is 0 Å². The van der Waals surface area contributed by atoms with Gasteiger partial charge in [0.2, 0.25) is 11.7 Å². The number of methoxy groups -OCH3 is 1. The lowest BCUT2D eigenvalue weighted by molar-refractivity contribution is -0.113. The molecule has 9 nitrogen and oxygen atoms in total. The van der Waals surface area contributed by atoms with Crippen LogP contribution in [-0.2, 0) is 28.9 Å². The largest absolute Gasteiger partial charge is 0.465 e. The second-order valence-corrected chi connectivity index (χ2v) is 9.78. The molecular weight excluding hydrogens is 474 g/mol. The Bertz CT molecular complexity index is 1520. The summed E-state index contributed by atoms with van der Waals surface area (Å²) in [6.45, 7) is 4.01. The number of fused-ring (bicyclic) bond motifs is 4. The van der Waals surface area contributed by atoms with E-state index in [0.717, 1.165) is 29.7 Å². The maximum atomic E-state index is 12.9. The Hall–Kier alpha value is -3.44. The molecule has 0 spiro atoms. The summed E-state index contributed by atoms with van der Waals surface area (Å²) >= 11 is 2.64. The van der Waals surface area contributed by atoms with Crippen LogP contribution in [0.1, 0.15) is 27.2 Å². The van der Waals surface area contributed by atoms with Crippen LogP contribution in [0.2, 0.25) is 0 Å². The predicted molar refractivity (Wildman–Crippen MR) is 132 cm³/mol. The standard InChI is InChI=1S/C23H21N5O4S2/c1-3-11-27-20(30)13-7-4-5-9-15(13)28-22(27)25-26-23(28)33-12-17(29)24-19-18(21(31)32-2)14-8-6-10-16(14)34-19/h3-5,7,9H,1,6,8,10-12H2,2H3,(H,24,29). The van der Waals surface area contributed by atoms with Gasteiger partial charge in [-0.2, -0.15) is 0 Å². The number of benzene rings is 1. The Morgan fingerprint density at radius 2 is 2.12 bits per heavy atom. The second-order valence-electron chi connectivity index (χ2n) is 7.73. The van der Waals surface area contributed by atoms with Crippen molar-refractivity contribution >= 4 is 56.7 Å². The van der Waals surface area contributed by atoms with Crippen molar-refractivity contribution in [2.24, 2.45) is 0 Å². The number of amides is 1. The zero-order valence-corrected chi connectivity index (χ0v) is 20.0. The van der Waals surface area contributed by atoms with Gasteiger partial charge in [0.1, 0.15) is 5.00 Å². The number of carbonyl (C=O) groups excluding carboxylic acids is 2. The summed E-state index contributed by atoms with van der Waals surface area (Å²) in [5.74, 6) is -0.263. The highest BCUT2D eigenvalue weighted by Crippen LogP contribution is 2.39. The van der Waals surface area contributed by atoms with Gasteiger partial charge in [0, 0.05) is 11.4 Å². The molecule has 5 rings (SSSR count). The van der Waals surface area contributed by atoms with E-state index in [0.29, 0.717) is 32.4 Å². The van der Waals surface area contributed by atoms with Gasteiger partial charge in [-0.3, -0.25) is 18.6 Å². The number of thioether (sulfide) groups is 1. The molecule has 0 unspecified atom stereocenters. The predicted octanol–water partition coefficient (Wildman–Crippen LogP) is 3.30. The maximum Gasteiger partial charge on any atom is 0.341 e. The van der Waals surface area contributed by atoms with E-state index in [-0.39, 0.29) is 23.8 Å². The minimum atomic E-state index is -0.433. The zero-order valence-electron chi connectivity index (χ0n) is 18.4. The van der Waals surface area contributed by atoms with E-state index in [1.807, 2.05) is 12.1 Å². The molecule has 3 heterocycles. The van der Waals surface area contributed by atoms with Crippen molar-refractivity contribution in [2.75, 3.05) is 18.2 Å². The number of thiophene rings is 1. The molecule has 0 aliphatic heterocycles. The lowest BCUT2D eigenvalue weighted by Gasteiger charge is -2.10. The van der Waals surface area contributed by atoms with Crippen LogP contribution in [0.25, 0.3) is 16.7 Å². The van der Waals surface area contributed by atoms with Gasteiger partial charge in [0.15, 0.2) is 5.16 Å². The monoisotopic (exact) mass is 495 g/mol. The number of anilines is 1. The SMILES string of the molecule is C=CCn1c(=O)c2ccccc2n2c(SCC(=O)Nc3sc4c(c3C(=O)OC)CCC4)nnc12. The van der Waals surface area contributed by atoms with Crippen LogP contribution in [0.4, 0.5) is 5.00 Å². The van der Waals surface area contributed by atoms with Crippen LogP contribution in [0.3, 0.4) is 0 Å². The van der Waals surface area contributed by atoms with E-state index in [1.165, 1.54) is 34.8 Å². The number of carbonyl (C=O) groups is 2. The quantitative estimate of drug-likeness (QED) is 0.238. The fraction of sp³-hybridized carbons (Fsp3) is 0.261. The Balaban J connectivity index is 1.43. The molecule has 1 aliphatic rings. The molecule has 34 heavy (non-hydrogen) atoms. The molecule has 4 aromatic rings. The summed E-state index contributed by atoms with van der Waals surface area (Å²) in [6, 6.07) is 7.22. The molecule has 0 atom stereocenters. The highest BCUT2D eigenvalue weighted by molar-refractivity contribution is 7.99. The van der Waals surface area contributed by atoms with Crippen LogP contribution < -0.4 is 10.9 Å². The summed E-state index contributed by atoms with van der Waals surface area (Å²) in [6.07, 6.45) is 4.34. The molecule has 174 valence electrons. The molecule has 0 saturated heterocycles. The van der Waals surface area contributed by atoms with Gasteiger partial charge in [-0.1, -0.05) is 30.0 Å². The first-order valence-corrected chi connectivity index (χ1v) is 12.5. The summed E-state index contributed by atoms with van der Waals surface area (Å²) in [5.41, 5.74) is 1.93. The Kier molecular flexibility index (Phi) is 5.96. The summed E-state index contributed by atoms with van der Waals surface area (Å²) in [5, 5.41) is 12.9. The molecule has 1 aromatic carbocycles. The van der Waals surface area contributed by atoms with Crippen molar-refractivity contribution in [1.29, 1.82) is 0 Å². The number of ether oxygens (including phenoxy) is 1. The molecular formula is C23H21N5O4S2. The molecule has 11 heteroatoms. The van der Waals surface area contributed by atoms with Gasteiger partial charge >= 0.3 is 5.97 Å². The first-order valence-electron chi connectivity index (χ1n) is 10.7. The first-order chi connectivity index (χ1) is 16.5. The summed E-state index contributed by atoms with van der Waals surface area (Å²) in [4.78, 5) is 39.2. The fourth-order valence-electron chi connectivity index (χ4n) is 4.22. The average molecular weight is 496 g/mol. The van der Waals surface area contributed by atoms with Crippen molar-refractivity contribution in [1.82, 2.24) is 19.2 Å². The zero-order chi connectivity index (χ0) is 23.8. The second kappa shape index (κ2) is 9.07. The lowest BCUT2D eigenvalue weighted by atomic mass is 10.1. The van der Waals surface area contributed by atoms with Gasteiger partial charge in [-0.15, -0.1) is 28.1 Å². The number of para-hydroxylation sites is 1. The van der Waals surface area contributed by atoms with E-state index in [2.05, 4.69) is 22.1 Å². The fourth-order valence-corrected chi connectivity index (χ4v) is 6.26. The number of nitrogens with one attached hydrogen (secondary N) is 1. The lowest BCUT2D eigenvalue weighted by Crippen LogP contribution is -2.22. The van der Waals surface area contributed by atoms with Gasteiger partial charge in [0.25, 0.3) is 5.56 Å². The molecule has 0 fully saturated rings. The van der Waals surface area contributed by atoms with E-state index in [4.69, 9.17) is 4.74 Å². The van der Waals surface area contributed by atoms with Gasteiger partial charge in [0.05, 0.1) is 29.3 Å². The maximum absolute atomic E-state index is 12.9. The summed E-state index contributed by atoms with van der Waals surface area (Å²) in [7, 11) is 1.34. The molecule has 0 bridgehead atoms. The van der Waals surface area contributed by atoms with Crippen molar-refractivity contribution in [2.45, 2.75) is 31.0 Å². The Morgan fingerprint density at radius 3 is 2.91 bits per heavy atom. The van der Waals surface area contributed by atoms with Gasteiger partial charge in [-0.05, 0) is 37.0 Å². The van der Waals surface area contributed by atoms with Crippen molar-refractivity contribution in [3.8, 4) is 0 Å². The van der Waals surface area contributed by atoms with Crippen LogP contribution in [0.15, 0.2) is 46.9 Å². The number of hydrogen-bond donors (Lipinski definition) is 1. The van der Waals surface area contributed by atoms with Crippen molar-refractivity contribution < 1.29 is 14.3 Å². The third-order valence-electron chi connectivity index (χ3n) is 5.69. The normalized spacial score (nSPS) is 12.7. The minimum Gasteiger partial charge on any atom is -0.465 e. The highest BCUT2D eigenvalue weighted by atomic mass is 32.2. The van der Waals surface area contributed by atoms with Crippen LogP contribution in [0, 0.1) is 0 Å². The van der Waals surface area contributed by atoms with E-state index in [9.17, 15) is 14.4 Å². The topological polar surface area (TPSA) is 108 Å². The van der Waals surface area contributed by atoms with Gasteiger partial charge < -0.3 is 10.1 Å². The third-order valence-corrected chi connectivity index (χ3v) is 7.82. The molecule has 1 aliphatic carbocycles. The molecule has 0 saturated carbocycles. The number of rotatable bonds is 7. The number of allylic oxidation sites excluding steroid dienone is 1. The average Bonchev–Trinajstić information content (AvgIpc) is 3.54. The molecule has 1 N–H and O–H groups in total. The van der Waals surface area contributed by atoms with Crippen LogP contribution in [-0.4, -0.2) is 43.9 Å².